The Morgan fingerprint density at radius 2 is 0.828 bits per heavy atom. The summed E-state index contributed by atoms with van der Waals surface area (Å²) in [5.41, 5.74) is 15.3. The van der Waals surface area contributed by atoms with Gasteiger partial charge in [-0.1, -0.05) is 164 Å². The van der Waals surface area contributed by atoms with E-state index in [2.05, 4.69) is 257 Å². The van der Waals surface area contributed by atoms with E-state index in [9.17, 15) is 0 Å². The van der Waals surface area contributed by atoms with Crippen LogP contribution in [0.2, 0.25) is 0 Å². The molecule has 0 unspecified atom stereocenters. The third-order valence-electron chi connectivity index (χ3n) is 12.3. The maximum absolute atomic E-state index is 3.36. The van der Waals surface area contributed by atoms with Gasteiger partial charge in [-0.3, -0.25) is 0 Å². The van der Waals surface area contributed by atoms with Gasteiger partial charge in [0.1, 0.15) is 0 Å². The molecule has 0 bridgehead atoms. The van der Waals surface area contributed by atoms with Crippen LogP contribution in [0.3, 0.4) is 0 Å². The van der Waals surface area contributed by atoms with Crippen LogP contribution in [0.4, 0.5) is 17.1 Å². The zero-order valence-electron chi connectivity index (χ0n) is 35.6. The van der Waals surface area contributed by atoms with Gasteiger partial charge in [-0.05, 0) is 119 Å². The van der Waals surface area contributed by atoms with Gasteiger partial charge < -0.3 is 14.0 Å². The summed E-state index contributed by atoms with van der Waals surface area (Å²) in [5, 5.41) is 7.36. The first-order chi connectivity index (χ1) is 31.7. The van der Waals surface area contributed by atoms with Crippen LogP contribution in [0.15, 0.2) is 249 Å². The normalized spacial score (nSPS) is 11.3. The number of fused-ring (bicyclic) bond motifs is 8. The average molecular weight is 820 g/mol. The Labute approximate surface area is 373 Å². The summed E-state index contributed by atoms with van der Waals surface area (Å²) < 4.78 is 4.91. The molecule has 2 aromatic heterocycles. The van der Waals surface area contributed by atoms with Gasteiger partial charge in [0.25, 0.3) is 0 Å². The maximum atomic E-state index is 3.36. The Bertz CT molecular complexity index is 3600. The van der Waals surface area contributed by atoms with Crippen molar-refractivity contribution in [3.8, 4) is 33.6 Å². The molecular weight excluding hydrogens is 775 g/mol. The number of rotatable bonds is 7. The zero-order chi connectivity index (χ0) is 43.0. The van der Waals surface area contributed by atoms with E-state index in [-0.39, 0.29) is 0 Å². The maximum Gasteiger partial charge on any atom is 0.0641 e. The molecule has 12 rings (SSSR count). The predicted octanol–water partition coefficient (Wildman–Crippen LogP) is 17.0. The molecule has 0 saturated heterocycles. The molecule has 3 heteroatoms. The van der Waals surface area contributed by atoms with Crippen LogP contribution < -0.4 is 4.90 Å². The summed E-state index contributed by atoms with van der Waals surface area (Å²) in [5.74, 6) is 0. The fraction of sp³-hybridized carbons (Fsp3) is 0.0164. The number of aromatic nitrogens is 2. The highest BCUT2D eigenvalue weighted by Crippen LogP contribution is 2.43. The molecular formula is C61H45N3. The van der Waals surface area contributed by atoms with Crippen LogP contribution in [-0.4, -0.2) is 9.13 Å². The van der Waals surface area contributed by atoms with Crippen molar-refractivity contribution in [3.63, 3.8) is 0 Å². The van der Waals surface area contributed by atoms with E-state index in [1.165, 1.54) is 76.6 Å². The molecule has 0 N–H and O–H groups in total. The molecule has 0 saturated carbocycles. The van der Waals surface area contributed by atoms with E-state index in [4.69, 9.17) is 0 Å². The lowest BCUT2D eigenvalue weighted by molar-refractivity contribution is 1.18. The standard InChI is InChI=1S/C58H39N3.C3H6/c1-4-14-40(15-5-1)42-24-30-47(31-25-42)59(46-18-8-3-9-19-46)49-34-28-45-39-50(35-29-44(45)38-49)61-54-22-12-10-20-51(54)52-36-37-56-57(58(52)61)53-21-11-13-23-55(53)60(56)48-32-26-43(27-33-48)41-16-6-2-7-17-41;1-3-2/h1-39H;3H,1H2,2H3. The van der Waals surface area contributed by atoms with E-state index in [0.29, 0.717) is 0 Å². The van der Waals surface area contributed by atoms with Gasteiger partial charge in [0.2, 0.25) is 0 Å². The van der Waals surface area contributed by atoms with Crippen LogP contribution in [0.1, 0.15) is 6.92 Å². The minimum atomic E-state index is 1.11. The fourth-order valence-corrected chi connectivity index (χ4v) is 9.45. The Hall–Kier alpha value is -8.40. The van der Waals surface area contributed by atoms with Crippen molar-refractivity contribution in [2.75, 3.05) is 4.90 Å². The summed E-state index contributed by atoms with van der Waals surface area (Å²) in [4.78, 5) is 2.34. The van der Waals surface area contributed by atoms with Crippen molar-refractivity contribution in [1.29, 1.82) is 0 Å². The second-order valence-electron chi connectivity index (χ2n) is 16.2. The first-order valence-electron chi connectivity index (χ1n) is 21.9. The third-order valence-corrected chi connectivity index (χ3v) is 12.3. The van der Waals surface area contributed by atoms with Crippen molar-refractivity contribution in [2.24, 2.45) is 0 Å². The van der Waals surface area contributed by atoms with Crippen LogP contribution in [0.25, 0.3) is 88.0 Å². The van der Waals surface area contributed by atoms with Crippen molar-refractivity contribution in [3.05, 3.63) is 249 Å². The molecule has 3 nitrogen and oxygen atoms in total. The zero-order valence-corrected chi connectivity index (χ0v) is 35.6. The van der Waals surface area contributed by atoms with Crippen LogP contribution in [0.5, 0.6) is 0 Å². The molecule has 0 aliphatic carbocycles. The van der Waals surface area contributed by atoms with Crippen LogP contribution >= 0.6 is 0 Å². The summed E-state index contributed by atoms with van der Waals surface area (Å²) in [6, 6.07) is 85.8. The SMILES string of the molecule is C=CC.c1ccc(-c2ccc(N(c3ccccc3)c3ccc4cc(-n5c6ccccc6c6ccc7c(c8ccccc8n7-c7ccc(-c8ccccc8)cc7)c65)ccc4c3)cc2)cc1. The van der Waals surface area contributed by atoms with Crippen LogP contribution in [0, 0.1) is 0 Å². The lowest BCUT2D eigenvalue weighted by atomic mass is 10.0. The van der Waals surface area contributed by atoms with Gasteiger partial charge in [-0.2, -0.15) is 0 Å². The summed E-state index contributed by atoms with van der Waals surface area (Å²) in [6.45, 7) is 5.25. The minimum absolute atomic E-state index is 1.11. The highest BCUT2D eigenvalue weighted by Gasteiger charge is 2.21. The molecule has 10 aromatic carbocycles. The van der Waals surface area contributed by atoms with Crippen molar-refractivity contribution in [1.82, 2.24) is 9.13 Å². The number of allylic oxidation sites excluding steroid dienone is 1. The summed E-state index contributed by atoms with van der Waals surface area (Å²) in [6.07, 6.45) is 1.75. The number of anilines is 3. The molecule has 64 heavy (non-hydrogen) atoms. The van der Waals surface area contributed by atoms with Gasteiger partial charge in [-0.15, -0.1) is 6.58 Å². The molecule has 2 heterocycles. The van der Waals surface area contributed by atoms with Crippen LogP contribution in [-0.2, 0) is 0 Å². The highest BCUT2D eigenvalue weighted by molar-refractivity contribution is 6.26. The molecule has 0 fully saturated rings. The summed E-state index contributed by atoms with van der Waals surface area (Å²) in [7, 11) is 0. The van der Waals surface area contributed by atoms with E-state index in [0.717, 1.165) is 28.4 Å². The Morgan fingerprint density at radius 1 is 0.359 bits per heavy atom. The van der Waals surface area contributed by atoms with E-state index >= 15 is 0 Å². The fourth-order valence-electron chi connectivity index (χ4n) is 9.45. The smallest absolute Gasteiger partial charge is 0.0641 e. The lowest BCUT2D eigenvalue weighted by Gasteiger charge is -2.26. The van der Waals surface area contributed by atoms with Gasteiger partial charge in [-0.25, -0.2) is 0 Å². The number of benzene rings is 10. The number of nitrogens with zero attached hydrogens (tertiary/aromatic N) is 3. The van der Waals surface area contributed by atoms with E-state index < -0.39 is 0 Å². The molecule has 0 atom stereocenters. The molecule has 0 amide bonds. The topological polar surface area (TPSA) is 13.1 Å². The quantitative estimate of drug-likeness (QED) is 0.146. The predicted molar refractivity (Wildman–Crippen MR) is 274 cm³/mol. The van der Waals surface area contributed by atoms with Crippen molar-refractivity contribution in [2.45, 2.75) is 6.92 Å². The lowest BCUT2D eigenvalue weighted by Crippen LogP contribution is -2.09. The molecule has 304 valence electrons. The summed E-state index contributed by atoms with van der Waals surface area (Å²) >= 11 is 0. The van der Waals surface area contributed by atoms with Crippen molar-refractivity contribution >= 4 is 71.4 Å². The van der Waals surface area contributed by atoms with E-state index in [1.807, 2.05) is 6.92 Å². The first kappa shape index (κ1) is 38.5. The highest BCUT2D eigenvalue weighted by atomic mass is 15.1. The first-order valence-corrected chi connectivity index (χ1v) is 21.9. The van der Waals surface area contributed by atoms with Gasteiger partial charge in [0.05, 0.1) is 22.1 Å². The second-order valence-corrected chi connectivity index (χ2v) is 16.2. The molecule has 0 spiro atoms. The largest absolute Gasteiger partial charge is 0.310 e. The molecule has 0 aliphatic rings. The number of hydrogen-bond donors (Lipinski definition) is 0. The van der Waals surface area contributed by atoms with Gasteiger partial charge in [0, 0.05) is 50.0 Å². The Balaban J connectivity index is 0.00000148. The van der Waals surface area contributed by atoms with E-state index in [1.54, 1.807) is 6.08 Å². The van der Waals surface area contributed by atoms with Gasteiger partial charge in [0.15, 0.2) is 0 Å². The minimum Gasteiger partial charge on any atom is -0.310 e. The molecule has 12 aromatic rings. The third kappa shape index (κ3) is 6.72. The molecule has 0 radical (unpaired) electrons. The average Bonchev–Trinajstić information content (AvgIpc) is 3.88. The monoisotopic (exact) mass is 819 g/mol. The Kier molecular flexibility index (Phi) is 9.91. The van der Waals surface area contributed by atoms with Gasteiger partial charge >= 0.3 is 0 Å². The number of hydrogen-bond acceptors (Lipinski definition) is 1. The number of para-hydroxylation sites is 3. The second kappa shape index (κ2) is 16.5. The Morgan fingerprint density at radius 3 is 1.48 bits per heavy atom. The molecule has 0 aliphatic heterocycles. The van der Waals surface area contributed by atoms with Crippen molar-refractivity contribution < 1.29 is 0 Å².